The van der Waals surface area contributed by atoms with Crippen LogP contribution in [0.3, 0.4) is 0 Å². The molecule has 0 aliphatic rings. The second-order valence-electron chi connectivity index (χ2n) is 7.02. The van der Waals surface area contributed by atoms with Crippen LogP contribution in [0.1, 0.15) is 5.56 Å². The average molecular weight is 472 g/mol. The lowest BCUT2D eigenvalue weighted by molar-refractivity contribution is -0.121. The van der Waals surface area contributed by atoms with Crippen molar-refractivity contribution < 1.29 is 27.4 Å². The van der Waals surface area contributed by atoms with Crippen LogP contribution < -0.4 is 19.6 Å². The van der Waals surface area contributed by atoms with Crippen molar-refractivity contribution in [3.05, 3.63) is 60.2 Å². The number of methoxy groups -OCH3 is 3. The summed E-state index contributed by atoms with van der Waals surface area (Å²) in [4.78, 5) is 12.4. The van der Waals surface area contributed by atoms with Crippen molar-refractivity contribution in [1.29, 1.82) is 0 Å². The Morgan fingerprint density at radius 1 is 0.970 bits per heavy atom. The molecule has 9 nitrogen and oxygen atoms in total. The quantitative estimate of drug-likeness (QED) is 0.380. The molecular weight excluding hydrogens is 446 g/mol. The first-order chi connectivity index (χ1) is 15.8. The van der Waals surface area contributed by atoms with E-state index in [4.69, 9.17) is 14.2 Å². The second-order valence-corrected chi connectivity index (χ2v) is 9.07. The molecule has 33 heavy (non-hydrogen) atoms. The molecule has 0 atom stereocenters. The number of hydrazone groups is 1. The van der Waals surface area contributed by atoms with Gasteiger partial charge in [0.05, 0.1) is 39.0 Å². The molecule has 0 aliphatic carbocycles. The van der Waals surface area contributed by atoms with Crippen molar-refractivity contribution in [3.63, 3.8) is 0 Å². The summed E-state index contributed by atoms with van der Waals surface area (Å²) in [6.07, 6.45) is 1.39. The average Bonchev–Trinajstić information content (AvgIpc) is 2.82. The Labute approximate surface area is 192 Å². The molecular formula is C23H25N3O6S. The van der Waals surface area contributed by atoms with E-state index >= 15 is 0 Å². The predicted molar refractivity (Wildman–Crippen MR) is 126 cm³/mol. The van der Waals surface area contributed by atoms with Crippen LogP contribution in [0.4, 0.5) is 0 Å². The fourth-order valence-electron chi connectivity index (χ4n) is 3.19. The molecule has 0 fully saturated rings. The number of hydrogen-bond acceptors (Lipinski definition) is 7. The summed E-state index contributed by atoms with van der Waals surface area (Å²) >= 11 is 0. The van der Waals surface area contributed by atoms with Gasteiger partial charge in [0.2, 0.25) is 15.8 Å². The van der Waals surface area contributed by atoms with Gasteiger partial charge in [-0.15, -0.1) is 0 Å². The molecule has 3 rings (SSSR count). The molecule has 0 heterocycles. The zero-order valence-corrected chi connectivity index (χ0v) is 19.5. The van der Waals surface area contributed by atoms with Gasteiger partial charge in [0, 0.05) is 12.6 Å². The number of carbonyl (C=O) groups excluding carboxylic acids is 1. The molecule has 0 aliphatic heterocycles. The SMILES string of the molecule is COc1cc(C=NNC(=O)CN(C)S(=O)(=O)c2ccc3ccccc3c2)cc(OC)c1OC. The third-order valence-corrected chi connectivity index (χ3v) is 6.68. The number of rotatable bonds is 9. The fraction of sp³-hybridized carbons (Fsp3) is 0.217. The van der Waals surface area contributed by atoms with Gasteiger partial charge in [-0.2, -0.15) is 9.41 Å². The lowest BCUT2D eigenvalue weighted by Gasteiger charge is -2.16. The molecule has 1 amide bonds. The molecule has 174 valence electrons. The minimum atomic E-state index is -3.85. The maximum absolute atomic E-state index is 12.9. The number of nitrogens with one attached hydrogen (secondary N) is 1. The van der Waals surface area contributed by atoms with Crippen molar-refractivity contribution in [3.8, 4) is 17.2 Å². The van der Waals surface area contributed by atoms with Gasteiger partial charge in [-0.25, -0.2) is 13.8 Å². The van der Waals surface area contributed by atoms with Gasteiger partial charge >= 0.3 is 0 Å². The Bertz CT molecular complexity index is 1270. The molecule has 3 aromatic carbocycles. The number of nitrogens with zero attached hydrogens (tertiary/aromatic N) is 2. The molecule has 0 bridgehead atoms. The highest BCUT2D eigenvalue weighted by Crippen LogP contribution is 2.37. The van der Waals surface area contributed by atoms with Gasteiger partial charge in [-0.3, -0.25) is 4.79 Å². The van der Waals surface area contributed by atoms with Crippen molar-refractivity contribution >= 4 is 32.9 Å². The van der Waals surface area contributed by atoms with Crippen LogP contribution in [0.25, 0.3) is 10.8 Å². The standard InChI is InChI=1S/C23H25N3O6S/c1-26(33(28,29)19-10-9-17-7-5-6-8-18(17)13-19)15-22(27)25-24-14-16-11-20(30-2)23(32-4)21(12-16)31-3/h5-14H,15H2,1-4H3,(H,25,27). The van der Waals surface area contributed by atoms with Gasteiger partial charge in [0.15, 0.2) is 11.5 Å². The summed E-state index contributed by atoms with van der Waals surface area (Å²) in [6, 6.07) is 15.6. The van der Waals surface area contributed by atoms with E-state index in [0.717, 1.165) is 15.1 Å². The fourth-order valence-corrected chi connectivity index (χ4v) is 4.35. The highest BCUT2D eigenvalue weighted by Gasteiger charge is 2.23. The summed E-state index contributed by atoms with van der Waals surface area (Å²) in [5.41, 5.74) is 2.92. The second kappa shape index (κ2) is 10.3. The molecule has 0 saturated heterocycles. The molecule has 1 N–H and O–H groups in total. The molecule has 0 unspecified atom stereocenters. The van der Waals surface area contributed by atoms with Gasteiger partial charge in [0.25, 0.3) is 5.91 Å². The molecule has 3 aromatic rings. The zero-order chi connectivity index (χ0) is 24.0. The van der Waals surface area contributed by atoms with Crippen molar-refractivity contribution in [2.24, 2.45) is 5.10 Å². The lowest BCUT2D eigenvalue weighted by Crippen LogP contribution is -2.36. The summed E-state index contributed by atoms with van der Waals surface area (Å²) in [6.45, 7) is -0.401. The first kappa shape index (κ1) is 24.0. The van der Waals surface area contributed by atoms with Crippen LogP contribution in [-0.4, -0.2) is 59.8 Å². The predicted octanol–water partition coefficient (Wildman–Crippen LogP) is 2.64. The molecule has 0 aromatic heterocycles. The third kappa shape index (κ3) is 5.41. The molecule has 0 radical (unpaired) electrons. The first-order valence-corrected chi connectivity index (χ1v) is 11.3. The summed E-state index contributed by atoms with van der Waals surface area (Å²) in [5.74, 6) is 0.712. The Kier molecular flexibility index (Phi) is 7.52. The van der Waals surface area contributed by atoms with Crippen LogP contribution in [0, 0.1) is 0 Å². The van der Waals surface area contributed by atoms with Crippen LogP contribution in [0.5, 0.6) is 17.2 Å². The summed E-state index contributed by atoms with van der Waals surface area (Å²) in [7, 11) is 1.97. The maximum atomic E-state index is 12.9. The maximum Gasteiger partial charge on any atom is 0.255 e. The number of amides is 1. The minimum absolute atomic E-state index is 0.109. The normalized spacial score (nSPS) is 11.7. The van der Waals surface area contributed by atoms with Crippen molar-refractivity contribution in [2.45, 2.75) is 4.90 Å². The Morgan fingerprint density at radius 3 is 2.21 bits per heavy atom. The van der Waals surface area contributed by atoms with E-state index in [-0.39, 0.29) is 4.90 Å². The number of hydrogen-bond donors (Lipinski definition) is 1. The number of benzene rings is 3. The van der Waals surface area contributed by atoms with Gasteiger partial charge in [-0.1, -0.05) is 30.3 Å². The third-order valence-electron chi connectivity index (χ3n) is 4.89. The van der Waals surface area contributed by atoms with E-state index in [1.807, 2.05) is 24.3 Å². The topological polar surface area (TPSA) is 107 Å². The number of fused-ring (bicyclic) bond motifs is 1. The monoisotopic (exact) mass is 471 g/mol. The van der Waals surface area contributed by atoms with E-state index in [9.17, 15) is 13.2 Å². The lowest BCUT2D eigenvalue weighted by atomic mass is 10.1. The summed E-state index contributed by atoms with van der Waals surface area (Å²) < 4.78 is 42.5. The van der Waals surface area contributed by atoms with Crippen LogP contribution >= 0.6 is 0 Å². The van der Waals surface area contributed by atoms with Gasteiger partial charge in [-0.05, 0) is 35.0 Å². The largest absolute Gasteiger partial charge is 0.493 e. The Hall–Kier alpha value is -3.63. The van der Waals surface area contributed by atoms with E-state index in [2.05, 4.69) is 10.5 Å². The van der Waals surface area contributed by atoms with Crippen LogP contribution in [0.15, 0.2) is 64.6 Å². The first-order valence-electron chi connectivity index (χ1n) is 9.87. The number of ether oxygens (including phenoxy) is 3. The highest BCUT2D eigenvalue weighted by molar-refractivity contribution is 7.89. The van der Waals surface area contributed by atoms with Crippen LogP contribution in [0.2, 0.25) is 0 Å². The number of likely N-dealkylation sites (N-methyl/N-ethyl adjacent to an activating group) is 1. The van der Waals surface area contributed by atoms with Gasteiger partial charge in [0.1, 0.15) is 0 Å². The van der Waals surface area contributed by atoms with Gasteiger partial charge < -0.3 is 14.2 Å². The number of carbonyl (C=O) groups is 1. The Balaban J connectivity index is 1.68. The van der Waals surface area contributed by atoms with Crippen LogP contribution in [-0.2, 0) is 14.8 Å². The van der Waals surface area contributed by atoms with E-state index < -0.39 is 22.5 Å². The number of sulfonamides is 1. The highest BCUT2D eigenvalue weighted by atomic mass is 32.2. The molecule has 0 spiro atoms. The Morgan fingerprint density at radius 2 is 1.61 bits per heavy atom. The summed E-state index contributed by atoms with van der Waals surface area (Å²) in [5, 5.41) is 5.62. The smallest absolute Gasteiger partial charge is 0.255 e. The van der Waals surface area contributed by atoms with E-state index in [1.54, 1.807) is 24.3 Å². The van der Waals surface area contributed by atoms with E-state index in [1.165, 1.54) is 40.7 Å². The molecule has 0 saturated carbocycles. The molecule has 10 heteroatoms. The zero-order valence-electron chi connectivity index (χ0n) is 18.7. The van der Waals surface area contributed by atoms with Crippen molar-refractivity contribution in [1.82, 2.24) is 9.73 Å². The minimum Gasteiger partial charge on any atom is -0.493 e. The van der Waals surface area contributed by atoms with Crippen molar-refractivity contribution in [2.75, 3.05) is 34.9 Å². The van der Waals surface area contributed by atoms with E-state index in [0.29, 0.717) is 22.8 Å².